The molecular formula is C11H16ClN3O2S. The van der Waals surface area contributed by atoms with Gasteiger partial charge in [-0.05, 0) is 44.0 Å². The smallest absolute Gasteiger partial charge is 0.259 e. The topological polar surface area (TPSA) is 71.1 Å². The van der Waals surface area contributed by atoms with Crippen molar-refractivity contribution < 1.29 is 8.42 Å². The Labute approximate surface area is 112 Å². The van der Waals surface area contributed by atoms with Crippen LogP contribution >= 0.6 is 11.6 Å². The van der Waals surface area contributed by atoms with Crippen LogP contribution in [0.5, 0.6) is 0 Å². The van der Waals surface area contributed by atoms with Crippen LogP contribution < -0.4 is 10.0 Å². The molecule has 1 atom stereocenters. The highest BCUT2D eigenvalue weighted by atomic mass is 35.5. The van der Waals surface area contributed by atoms with Crippen LogP contribution in [0.4, 0.5) is 0 Å². The van der Waals surface area contributed by atoms with Gasteiger partial charge in [-0.2, -0.15) is 0 Å². The third-order valence-electron chi connectivity index (χ3n) is 2.94. The van der Waals surface area contributed by atoms with Crippen molar-refractivity contribution >= 4 is 21.6 Å². The summed E-state index contributed by atoms with van der Waals surface area (Å²) in [4.78, 5) is 3.82. The van der Waals surface area contributed by atoms with Crippen LogP contribution in [0.25, 0.3) is 0 Å². The SMILES string of the molecule is O=S(=O)(NC[C@@H]1CCCNC1)c1ncccc1Cl. The first-order valence-corrected chi connectivity index (χ1v) is 7.76. The maximum Gasteiger partial charge on any atom is 0.259 e. The lowest BCUT2D eigenvalue weighted by molar-refractivity contribution is 0.375. The molecule has 2 heterocycles. The summed E-state index contributed by atoms with van der Waals surface area (Å²) in [6, 6.07) is 3.12. The van der Waals surface area contributed by atoms with Crippen molar-refractivity contribution in [2.45, 2.75) is 17.9 Å². The number of aromatic nitrogens is 1. The first-order valence-electron chi connectivity index (χ1n) is 5.90. The fourth-order valence-corrected chi connectivity index (χ4v) is 3.51. The Balaban J connectivity index is 2.01. The van der Waals surface area contributed by atoms with Gasteiger partial charge in [0.25, 0.3) is 10.0 Å². The van der Waals surface area contributed by atoms with E-state index in [1.807, 2.05) is 0 Å². The number of halogens is 1. The van der Waals surface area contributed by atoms with Crippen LogP contribution in [0.2, 0.25) is 5.02 Å². The summed E-state index contributed by atoms with van der Waals surface area (Å²) in [5.74, 6) is 0.330. The minimum Gasteiger partial charge on any atom is -0.316 e. The third-order valence-corrected chi connectivity index (χ3v) is 4.74. The summed E-state index contributed by atoms with van der Waals surface area (Å²) >= 11 is 5.84. The molecular weight excluding hydrogens is 274 g/mol. The highest BCUT2D eigenvalue weighted by Crippen LogP contribution is 2.18. The predicted octanol–water partition coefficient (Wildman–Crippen LogP) is 1.01. The first kappa shape index (κ1) is 13.7. The highest BCUT2D eigenvalue weighted by molar-refractivity contribution is 7.89. The Morgan fingerprint density at radius 2 is 2.39 bits per heavy atom. The Kier molecular flexibility index (Phi) is 4.55. The van der Waals surface area contributed by atoms with E-state index >= 15 is 0 Å². The lowest BCUT2D eigenvalue weighted by atomic mass is 10.0. The molecule has 0 unspecified atom stereocenters. The monoisotopic (exact) mass is 289 g/mol. The van der Waals surface area contributed by atoms with E-state index in [4.69, 9.17) is 11.6 Å². The number of piperidine rings is 1. The van der Waals surface area contributed by atoms with Crippen LogP contribution in [-0.2, 0) is 10.0 Å². The molecule has 7 heteroatoms. The van der Waals surface area contributed by atoms with Crippen LogP contribution in [-0.4, -0.2) is 33.0 Å². The van der Waals surface area contributed by atoms with Crippen LogP contribution in [0.3, 0.4) is 0 Å². The van der Waals surface area contributed by atoms with Crippen molar-refractivity contribution in [2.75, 3.05) is 19.6 Å². The second kappa shape index (κ2) is 5.97. The van der Waals surface area contributed by atoms with Gasteiger partial charge in [-0.1, -0.05) is 11.6 Å². The molecule has 0 amide bonds. The van der Waals surface area contributed by atoms with Gasteiger partial charge < -0.3 is 5.32 Å². The number of sulfonamides is 1. The average molecular weight is 290 g/mol. The van der Waals surface area contributed by atoms with E-state index in [1.54, 1.807) is 6.07 Å². The lowest BCUT2D eigenvalue weighted by Crippen LogP contribution is -2.38. The van der Waals surface area contributed by atoms with Crippen molar-refractivity contribution in [3.05, 3.63) is 23.4 Å². The zero-order valence-electron chi connectivity index (χ0n) is 9.89. The molecule has 0 saturated carbocycles. The molecule has 0 aromatic carbocycles. The molecule has 1 saturated heterocycles. The molecule has 2 N–H and O–H groups in total. The second-order valence-corrected chi connectivity index (χ2v) is 6.44. The molecule has 0 bridgehead atoms. The van der Waals surface area contributed by atoms with Gasteiger partial charge in [-0.3, -0.25) is 0 Å². The zero-order valence-corrected chi connectivity index (χ0v) is 11.5. The van der Waals surface area contributed by atoms with Crippen LogP contribution in [0.15, 0.2) is 23.4 Å². The molecule has 0 spiro atoms. The van der Waals surface area contributed by atoms with Crippen molar-refractivity contribution in [3.8, 4) is 0 Å². The van der Waals surface area contributed by atoms with E-state index in [2.05, 4.69) is 15.0 Å². The summed E-state index contributed by atoms with van der Waals surface area (Å²) in [6.45, 7) is 2.27. The summed E-state index contributed by atoms with van der Waals surface area (Å²) in [5.41, 5.74) is 0. The largest absolute Gasteiger partial charge is 0.316 e. The Hall–Kier alpha value is -0.690. The standard InChI is InChI=1S/C11H16ClN3O2S/c12-10-4-2-6-14-11(10)18(16,17)15-8-9-3-1-5-13-7-9/h2,4,6,9,13,15H,1,3,5,7-8H2/t9-/m1/s1. The van der Waals surface area contributed by atoms with Gasteiger partial charge in [0, 0.05) is 12.7 Å². The average Bonchev–Trinajstić information content (AvgIpc) is 2.38. The highest BCUT2D eigenvalue weighted by Gasteiger charge is 2.21. The first-order chi connectivity index (χ1) is 8.59. The van der Waals surface area contributed by atoms with Gasteiger partial charge in [0.1, 0.15) is 0 Å². The van der Waals surface area contributed by atoms with Crippen molar-refractivity contribution in [2.24, 2.45) is 5.92 Å². The van der Waals surface area contributed by atoms with Gasteiger partial charge in [0.15, 0.2) is 5.03 Å². The molecule has 2 rings (SSSR count). The van der Waals surface area contributed by atoms with E-state index in [-0.39, 0.29) is 10.0 Å². The summed E-state index contributed by atoms with van der Waals surface area (Å²) in [5, 5.41) is 3.29. The van der Waals surface area contributed by atoms with Gasteiger partial charge in [0.05, 0.1) is 5.02 Å². The number of nitrogens with one attached hydrogen (secondary N) is 2. The maximum atomic E-state index is 12.0. The van der Waals surface area contributed by atoms with Gasteiger partial charge in [-0.15, -0.1) is 0 Å². The second-order valence-electron chi connectivity index (χ2n) is 4.35. The van der Waals surface area contributed by atoms with E-state index in [9.17, 15) is 8.42 Å². The van der Waals surface area contributed by atoms with E-state index in [0.717, 1.165) is 25.9 Å². The van der Waals surface area contributed by atoms with Crippen molar-refractivity contribution in [1.29, 1.82) is 0 Å². The molecule has 1 aromatic rings. The van der Waals surface area contributed by atoms with E-state index in [0.29, 0.717) is 12.5 Å². The molecule has 5 nitrogen and oxygen atoms in total. The summed E-state index contributed by atoms with van der Waals surface area (Å²) < 4.78 is 26.6. The van der Waals surface area contributed by atoms with Gasteiger partial charge in [0.2, 0.25) is 0 Å². The Morgan fingerprint density at radius 1 is 1.56 bits per heavy atom. The predicted molar refractivity (Wildman–Crippen MR) is 70.0 cm³/mol. The molecule has 1 aliphatic rings. The number of hydrogen-bond donors (Lipinski definition) is 2. The molecule has 0 radical (unpaired) electrons. The van der Waals surface area contributed by atoms with Crippen LogP contribution in [0.1, 0.15) is 12.8 Å². The molecule has 0 aliphatic carbocycles. The van der Waals surface area contributed by atoms with E-state index in [1.165, 1.54) is 12.3 Å². The number of hydrogen-bond acceptors (Lipinski definition) is 4. The Morgan fingerprint density at radius 3 is 3.06 bits per heavy atom. The summed E-state index contributed by atoms with van der Waals surface area (Å²) in [7, 11) is -3.61. The Bertz CT molecular complexity index is 501. The van der Waals surface area contributed by atoms with Gasteiger partial charge in [-0.25, -0.2) is 18.1 Å². The number of rotatable bonds is 4. The summed E-state index contributed by atoms with van der Waals surface area (Å²) in [6.07, 6.45) is 3.53. The minimum atomic E-state index is -3.61. The van der Waals surface area contributed by atoms with Gasteiger partial charge >= 0.3 is 0 Å². The molecule has 1 aromatic heterocycles. The molecule has 1 aliphatic heterocycles. The number of nitrogens with zero attached hydrogens (tertiary/aromatic N) is 1. The fraction of sp³-hybridized carbons (Fsp3) is 0.545. The van der Waals surface area contributed by atoms with Crippen LogP contribution in [0, 0.1) is 5.92 Å². The number of pyridine rings is 1. The van der Waals surface area contributed by atoms with Crippen molar-refractivity contribution in [3.63, 3.8) is 0 Å². The molecule has 18 heavy (non-hydrogen) atoms. The van der Waals surface area contributed by atoms with E-state index < -0.39 is 10.0 Å². The molecule has 1 fully saturated rings. The minimum absolute atomic E-state index is 0.101. The normalized spacial score (nSPS) is 20.8. The van der Waals surface area contributed by atoms with Crippen molar-refractivity contribution in [1.82, 2.24) is 15.0 Å². The fourth-order valence-electron chi connectivity index (χ4n) is 1.96. The maximum absolute atomic E-state index is 12.0. The third kappa shape index (κ3) is 3.41. The zero-order chi connectivity index (χ0) is 13.0. The quantitative estimate of drug-likeness (QED) is 0.868. The molecule has 100 valence electrons. The lowest BCUT2D eigenvalue weighted by Gasteiger charge is -2.22.